The summed E-state index contributed by atoms with van der Waals surface area (Å²) in [4.78, 5) is 41.4. The molecule has 1 aliphatic rings. The van der Waals surface area contributed by atoms with Crippen LogP contribution in [0.3, 0.4) is 0 Å². The van der Waals surface area contributed by atoms with Crippen molar-refractivity contribution in [3.8, 4) is 0 Å². The van der Waals surface area contributed by atoms with Crippen molar-refractivity contribution >= 4 is 23.1 Å². The van der Waals surface area contributed by atoms with Crippen LogP contribution < -0.4 is 0 Å². The highest BCUT2D eigenvalue weighted by molar-refractivity contribution is 6.46. The number of carbonyl (C=O) groups excluding carboxylic acids is 2. The first-order chi connectivity index (χ1) is 15.4. The molecule has 1 fully saturated rings. The number of aliphatic hydroxyl groups excluding tert-OH is 1. The summed E-state index contributed by atoms with van der Waals surface area (Å²) < 4.78 is 14.8. The number of carbonyl (C=O) groups is 2. The Bertz CT molecular complexity index is 1260. The number of pyridine rings is 1. The molecule has 1 atom stereocenters. The van der Waals surface area contributed by atoms with E-state index in [1.54, 1.807) is 18.2 Å². The summed E-state index contributed by atoms with van der Waals surface area (Å²) in [6.45, 7) is -0.0299. The SMILES string of the molecule is O=C1C(=O)N(Cc2ccncc2)C(c2ccccc2F)/C1=C(\O)c1cccc([N+](=O)[O-])c1. The number of nitro benzene ring substituents is 1. The third-order valence-corrected chi connectivity index (χ3v) is 5.17. The maximum Gasteiger partial charge on any atom is 0.295 e. The molecule has 9 heteroatoms. The van der Waals surface area contributed by atoms with Gasteiger partial charge >= 0.3 is 0 Å². The predicted octanol–water partition coefficient (Wildman–Crippen LogP) is 3.75. The molecule has 0 spiro atoms. The molecule has 1 unspecified atom stereocenters. The van der Waals surface area contributed by atoms with Gasteiger partial charge in [-0.25, -0.2) is 4.39 Å². The molecule has 0 aliphatic carbocycles. The number of halogens is 1. The quantitative estimate of drug-likeness (QED) is 0.216. The van der Waals surface area contributed by atoms with Crippen molar-refractivity contribution < 1.29 is 24.0 Å². The van der Waals surface area contributed by atoms with Crippen molar-refractivity contribution in [1.29, 1.82) is 0 Å². The highest BCUT2D eigenvalue weighted by atomic mass is 19.1. The van der Waals surface area contributed by atoms with E-state index in [4.69, 9.17) is 0 Å². The second-order valence-corrected chi connectivity index (χ2v) is 7.11. The highest BCUT2D eigenvalue weighted by Gasteiger charge is 2.47. The molecule has 8 nitrogen and oxygen atoms in total. The summed E-state index contributed by atoms with van der Waals surface area (Å²) >= 11 is 0. The second-order valence-electron chi connectivity index (χ2n) is 7.11. The van der Waals surface area contributed by atoms with Gasteiger partial charge in [-0.3, -0.25) is 24.7 Å². The lowest BCUT2D eigenvalue weighted by atomic mass is 9.94. The summed E-state index contributed by atoms with van der Waals surface area (Å²) in [5.74, 6) is -3.19. The van der Waals surface area contributed by atoms with Gasteiger partial charge in [0.15, 0.2) is 0 Å². The number of non-ortho nitro benzene ring substituents is 1. The standard InChI is InChI=1S/C23H16FN3O5/c24-18-7-2-1-6-17(18)20-19(21(28)15-4-3-5-16(12-15)27(31)32)22(29)23(30)26(20)13-14-8-10-25-11-9-14/h1-12,20,28H,13H2/b21-19+. The van der Waals surface area contributed by atoms with Crippen molar-refractivity contribution in [2.24, 2.45) is 0 Å². The van der Waals surface area contributed by atoms with Crippen molar-refractivity contribution in [3.05, 3.63) is 111 Å². The van der Waals surface area contributed by atoms with Crippen LogP contribution >= 0.6 is 0 Å². The number of aliphatic hydroxyl groups is 1. The van der Waals surface area contributed by atoms with Gasteiger partial charge in [0.1, 0.15) is 11.6 Å². The average molecular weight is 433 g/mol. The van der Waals surface area contributed by atoms with Crippen LogP contribution in [0.4, 0.5) is 10.1 Å². The number of ketones is 1. The Balaban J connectivity index is 1.90. The van der Waals surface area contributed by atoms with Crippen molar-refractivity contribution in [3.63, 3.8) is 0 Å². The molecule has 160 valence electrons. The van der Waals surface area contributed by atoms with E-state index in [-0.39, 0.29) is 28.9 Å². The van der Waals surface area contributed by atoms with Crippen molar-refractivity contribution in [1.82, 2.24) is 9.88 Å². The Morgan fingerprint density at radius 2 is 1.81 bits per heavy atom. The number of hydrogen-bond donors (Lipinski definition) is 1. The summed E-state index contributed by atoms with van der Waals surface area (Å²) in [5.41, 5.74) is 0.00549. The summed E-state index contributed by atoms with van der Waals surface area (Å²) in [7, 11) is 0. The Hall–Kier alpha value is -4.40. The summed E-state index contributed by atoms with van der Waals surface area (Å²) in [6, 6.07) is 12.8. The van der Waals surface area contributed by atoms with Gasteiger partial charge in [0.25, 0.3) is 17.4 Å². The molecule has 0 saturated carbocycles. The summed E-state index contributed by atoms with van der Waals surface area (Å²) in [5, 5.41) is 22.1. The van der Waals surface area contributed by atoms with Gasteiger partial charge in [0.2, 0.25) is 0 Å². The number of benzene rings is 2. The normalized spacial score (nSPS) is 17.5. The molecule has 1 aromatic heterocycles. The molecule has 1 N–H and O–H groups in total. The molecule has 0 radical (unpaired) electrons. The lowest BCUT2D eigenvalue weighted by Crippen LogP contribution is -2.29. The zero-order chi connectivity index (χ0) is 22.8. The summed E-state index contributed by atoms with van der Waals surface area (Å²) in [6.07, 6.45) is 3.04. The highest BCUT2D eigenvalue weighted by Crippen LogP contribution is 2.41. The van der Waals surface area contributed by atoms with E-state index in [0.717, 1.165) is 6.07 Å². The number of aromatic nitrogens is 1. The van der Waals surface area contributed by atoms with Crippen molar-refractivity contribution in [2.45, 2.75) is 12.6 Å². The number of likely N-dealkylation sites (tertiary alicyclic amines) is 1. The number of rotatable bonds is 5. The van der Waals surface area contributed by atoms with Crippen LogP contribution in [-0.2, 0) is 16.1 Å². The minimum absolute atomic E-state index is 0.0211. The lowest BCUT2D eigenvalue weighted by Gasteiger charge is -2.25. The average Bonchev–Trinajstić information content (AvgIpc) is 3.04. The molecule has 0 bridgehead atoms. The van der Waals surface area contributed by atoms with Gasteiger partial charge in [-0.15, -0.1) is 0 Å². The maximum absolute atomic E-state index is 14.8. The zero-order valence-corrected chi connectivity index (χ0v) is 16.5. The predicted molar refractivity (Wildman–Crippen MR) is 112 cm³/mol. The van der Waals surface area contributed by atoms with E-state index in [0.29, 0.717) is 5.56 Å². The van der Waals surface area contributed by atoms with Crippen LogP contribution in [0.5, 0.6) is 0 Å². The Morgan fingerprint density at radius 3 is 2.50 bits per heavy atom. The van der Waals surface area contributed by atoms with E-state index in [1.165, 1.54) is 53.7 Å². The Morgan fingerprint density at radius 1 is 1.09 bits per heavy atom. The molecule has 1 amide bonds. The first-order valence-corrected chi connectivity index (χ1v) is 9.55. The van der Waals surface area contributed by atoms with Gasteiger partial charge in [-0.2, -0.15) is 0 Å². The molecular formula is C23H16FN3O5. The fourth-order valence-electron chi connectivity index (χ4n) is 3.67. The maximum atomic E-state index is 14.8. The number of nitrogens with zero attached hydrogens (tertiary/aromatic N) is 3. The van der Waals surface area contributed by atoms with Gasteiger partial charge in [-0.05, 0) is 23.8 Å². The number of Topliss-reactive ketones (excluding diaryl/α,β-unsaturated/α-hetero) is 1. The molecule has 2 heterocycles. The van der Waals surface area contributed by atoms with Crippen LogP contribution in [0.1, 0.15) is 22.7 Å². The first-order valence-electron chi connectivity index (χ1n) is 9.55. The number of nitro groups is 1. The third-order valence-electron chi connectivity index (χ3n) is 5.17. The second kappa shape index (κ2) is 8.38. The molecule has 1 saturated heterocycles. The zero-order valence-electron chi connectivity index (χ0n) is 16.5. The van der Waals surface area contributed by atoms with Crippen LogP contribution in [0.15, 0.2) is 78.6 Å². The van der Waals surface area contributed by atoms with E-state index in [2.05, 4.69) is 4.98 Å². The smallest absolute Gasteiger partial charge is 0.295 e. The van der Waals surface area contributed by atoms with E-state index in [9.17, 15) is 29.2 Å². The molecule has 2 aromatic carbocycles. The largest absolute Gasteiger partial charge is 0.507 e. The lowest BCUT2D eigenvalue weighted by molar-refractivity contribution is -0.384. The Labute approximate surface area is 181 Å². The van der Waals surface area contributed by atoms with Crippen LogP contribution in [-0.4, -0.2) is 31.6 Å². The minimum Gasteiger partial charge on any atom is -0.507 e. The van der Waals surface area contributed by atoms with Gasteiger partial charge in [0, 0.05) is 42.2 Å². The molecule has 32 heavy (non-hydrogen) atoms. The number of hydrogen-bond acceptors (Lipinski definition) is 6. The van der Waals surface area contributed by atoms with Gasteiger partial charge in [-0.1, -0.05) is 30.3 Å². The fraction of sp³-hybridized carbons (Fsp3) is 0.0870. The van der Waals surface area contributed by atoms with Crippen molar-refractivity contribution in [2.75, 3.05) is 0 Å². The first kappa shape index (κ1) is 20.9. The molecule has 4 rings (SSSR count). The monoisotopic (exact) mass is 433 g/mol. The van der Waals surface area contributed by atoms with E-state index >= 15 is 0 Å². The third kappa shape index (κ3) is 3.71. The van der Waals surface area contributed by atoms with Crippen LogP contribution in [0.25, 0.3) is 5.76 Å². The van der Waals surface area contributed by atoms with Gasteiger partial charge in [0.05, 0.1) is 16.5 Å². The minimum atomic E-state index is -1.22. The van der Waals surface area contributed by atoms with Crippen LogP contribution in [0.2, 0.25) is 0 Å². The van der Waals surface area contributed by atoms with E-state index in [1.807, 2.05) is 0 Å². The topological polar surface area (TPSA) is 114 Å². The molecule has 1 aliphatic heterocycles. The van der Waals surface area contributed by atoms with E-state index < -0.39 is 34.2 Å². The Kier molecular flexibility index (Phi) is 5.46. The fourth-order valence-corrected chi connectivity index (χ4v) is 3.67. The van der Waals surface area contributed by atoms with Gasteiger partial charge < -0.3 is 10.0 Å². The molecular weight excluding hydrogens is 417 g/mol. The number of amides is 1. The van der Waals surface area contributed by atoms with Crippen LogP contribution in [0, 0.1) is 15.9 Å². The molecule has 3 aromatic rings.